The van der Waals surface area contributed by atoms with E-state index in [4.69, 9.17) is 32.7 Å². The van der Waals surface area contributed by atoms with Gasteiger partial charge in [0.05, 0.1) is 23.2 Å². The van der Waals surface area contributed by atoms with Gasteiger partial charge < -0.3 is 14.4 Å². The zero-order valence-corrected chi connectivity index (χ0v) is 16.4. The quantitative estimate of drug-likeness (QED) is 0.756. The first-order valence-corrected chi connectivity index (χ1v) is 9.96. The van der Waals surface area contributed by atoms with Crippen LogP contribution in [0.3, 0.4) is 0 Å². The number of fused-ring (bicyclic) bond motifs is 1. The molecule has 1 atom stereocenters. The predicted octanol–water partition coefficient (Wildman–Crippen LogP) is 4.40. The van der Waals surface area contributed by atoms with E-state index in [-0.39, 0.29) is 12.0 Å². The normalized spacial score (nSPS) is 19.0. The van der Waals surface area contributed by atoms with Gasteiger partial charge in [0.1, 0.15) is 18.5 Å². The number of benzene rings is 2. The van der Waals surface area contributed by atoms with Crippen molar-refractivity contribution >= 4 is 29.1 Å². The molecule has 0 bridgehead atoms. The zero-order chi connectivity index (χ0) is 18.8. The Morgan fingerprint density at radius 2 is 1.96 bits per heavy atom. The minimum absolute atomic E-state index is 0.0700. The van der Waals surface area contributed by atoms with Crippen LogP contribution in [-0.4, -0.2) is 43.2 Å². The summed E-state index contributed by atoms with van der Waals surface area (Å²) in [6.45, 7) is 1.95. The maximum Gasteiger partial charge on any atom is 0.254 e. The molecule has 4 nitrogen and oxygen atoms in total. The Bertz CT molecular complexity index is 855. The number of hydrogen-bond donors (Lipinski definition) is 0. The Balaban J connectivity index is 1.36. The molecule has 27 heavy (non-hydrogen) atoms. The molecule has 0 spiro atoms. The predicted molar refractivity (Wildman–Crippen MR) is 106 cm³/mol. The van der Waals surface area contributed by atoms with Crippen LogP contribution in [-0.2, 0) is 17.6 Å². The van der Waals surface area contributed by atoms with Crippen molar-refractivity contribution in [2.45, 2.75) is 25.4 Å². The Morgan fingerprint density at radius 1 is 1.11 bits per heavy atom. The second-order valence-corrected chi connectivity index (χ2v) is 7.78. The average molecular weight is 406 g/mol. The first-order valence-electron chi connectivity index (χ1n) is 9.20. The Kier molecular flexibility index (Phi) is 5.58. The van der Waals surface area contributed by atoms with Gasteiger partial charge in [0.25, 0.3) is 5.91 Å². The van der Waals surface area contributed by atoms with Crippen molar-refractivity contribution in [3.63, 3.8) is 0 Å². The summed E-state index contributed by atoms with van der Waals surface area (Å²) in [4.78, 5) is 14.5. The van der Waals surface area contributed by atoms with Crippen LogP contribution in [0.1, 0.15) is 27.9 Å². The smallest absolute Gasteiger partial charge is 0.254 e. The molecule has 1 unspecified atom stereocenters. The van der Waals surface area contributed by atoms with Gasteiger partial charge >= 0.3 is 0 Å². The Labute approximate surface area is 169 Å². The largest absolute Gasteiger partial charge is 0.491 e. The summed E-state index contributed by atoms with van der Waals surface area (Å²) in [5, 5.41) is 0.822. The molecule has 1 aliphatic heterocycles. The lowest BCUT2D eigenvalue weighted by atomic mass is 10.1. The number of ether oxygens (including phenoxy) is 2. The van der Waals surface area contributed by atoms with Crippen molar-refractivity contribution in [2.75, 3.05) is 26.3 Å². The van der Waals surface area contributed by atoms with Crippen LogP contribution < -0.4 is 4.74 Å². The molecule has 0 saturated carbocycles. The van der Waals surface area contributed by atoms with Gasteiger partial charge in [0.2, 0.25) is 0 Å². The topological polar surface area (TPSA) is 38.8 Å². The van der Waals surface area contributed by atoms with Crippen LogP contribution in [0.25, 0.3) is 0 Å². The van der Waals surface area contributed by atoms with Gasteiger partial charge in [-0.15, -0.1) is 0 Å². The monoisotopic (exact) mass is 405 g/mol. The van der Waals surface area contributed by atoms with Crippen LogP contribution in [0.4, 0.5) is 0 Å². The Morgan fingerprint density at radius 3 is 2.81 bits per heavy atom. The van der Waals surface area contributed by atoms with Crippen LogP contribution in [0.5, 0.6) is 5.75 Å². The van der Waals surface area contributed by atoms with E-state index in [1.54, 1.807) is 23.1 Å². The molecule has 1 heterocycles. The fourth-order valence-corrected chi connectivity index (χ4v) is 3.94. The lowest BCUT2D eigenvalue weighted by Gasteiger charge is -2.33. The highest BCUT2D eigenvalue weighted by atomic mass is 35.5. The van der Waals surface area contributed by atoms with Gasteiger partial charge in [0.15, 0.2) is 0 Å². The lowest BCUT2D eigenvalue weighted by Crippen LogP contribution is -2.47. The molecule has 1 saturated heterocycles. The molecule has 2 aromatic rings. The summed E-state index contributed by atoms with van der Waals surface area (Å²) in [6, 6.07) is 11.3. The van der Waals surface area contributed by atoms with Gasteiger partial charge in [-0.2, -0.15) is 0 Å². The number of hydrogen-bond acceptors (Lipinski definition) is 3. The fourth-order valence-electron chi connectivity index (χ4n) is 3.64. The average Bonchev–Trinajstić information content (AvgIpc) is 3.16. The SMILES string of the molecule is O=C(c1ccc(Cl)c(Cl)c1)N1CCOC(COc2ccc3c(c2)CCC3)C1. The summed E-state index contributed by atoms with van der Waals surface area (Å²) in [5.74, 6) is 0.798. The third-order valence-corrected chi connectivity index (χ3v) is 5.84. The number of rotatable bonds is 4. The number of halogens is 2. The molecular formula is C21H21Cl2NO3. The molecule has 0 aromatic heterocycles. The van der Waals surface area contributed by atoms with Crippen LogP contribution in [0.2, 0.25) is 10.0 Å². The van der Waals surface area contributed by atoms with Crippen molar-refractivity contribution < 1.29 is 14.3 Å². The van der Waals surface area contributed by atoms with Gasteiger partial charge in [-0.05, 0) is 60.7 Å². The minimum atomic E-state index is -0.154. The van der Waals surface area contributed by atoms with E-state index in [1.165, 1.54) is 17.5 Å². The maximum absolute atomic E-state index is 12.7. The number of carbonyl (C=O) groups is 1. The van der Waals surface area contributed by atoms with Crippen molar-refractivity contribution in [2.24, 2.45) is 0 Å². The second-order valence-electron chi connectivity index (χ2n) is 6.97. The molecule has 6 heteroatoms. The van der Waals surface area contributed by atoms with E-state index in [2.05, 4.69) is 12.1 Å². The highest BCUT2D eigenvalue weighted by molar-refractivity contribution is 6.42. The number of nitrogens with zero attached hydrogens (tertiary/aromatic N) is 1. The molecule has 1 amide bonds. The van der Waals surface area contributed by atoms with E-state index < -0.39 is 0 Å². The third kappa shape index (κ3) is 4.23. The standard InChI is InChI=1S/C21H21Cl2NO3/c22-19-7-5-16(11-20(19)23)21(25)24-8-9-26-18(12-24)13-27-17-6-4-14-2-1-3-15(14)10-17/h4-7,10-11,18H,1-3,8-9,12-13H2. The molecule has 0 radical (unpaired) electrons. The van der Waals surface area contributed by atoms with Gasteiger partial charge in [-0.1, -0.05) is 29.3 Å². The van der Waals surface area contributed by atoms with Crippen molar-refractivity contribution in [3.8, 4) is 5.75 Å². The summed E-state index contributed by atoms with van der Waals surface area (Å²) < 4.78 is 11.7. The highest BCUT2D eigenvalue weighted by Crippen LogP contribution is 2.27. The molecule has 1 fully saturated rings. The third-order valence-electron chi connectivity index (χ3n) is 5.10. The first-order chi connectivity index (χ1) is 13.1. The number of carbonyl (C=O) groups excluding carboxylic acids is 1. The molecule has 2 aromatic carbocycles. The fraction of sp³-hybridized carbons (Fsp3) is 0.381. The second kappa shape index (κ2) is 8.09. The maximum atomic E-state index is 12.7. The molecule has 2 aliphatic rings. The summed E-state index contributed by atoms with van der Waals surface area (Å²) in [7, 11) is 0. The zero-order valence-electron chi connectivity index (χ0n) is 14.9. The van der Waals surface area contributed by atoms with Crippen molar-refractivity contribution in [3.05, 3.63) is 63.1 Å². The first kappa shape index (κ1) is 18.6. The van der Waals surface area contributed by atoms with E-state index in [0.717, 1.165) is 18.6 Å². The summed E-state index contributed by atoms with van der Waals surface area (Å²) in [5.41, 5.74) is 3.34. The number of amides is 1. The summed E-state index contributed by atoms with van der Waals surface area (Å²) in [6.07, 6.45) is 3.35. The van der Waals surface area contributed by atoms with Crippen molar-refractivity contribution in [1.29, 1.82) is 0 Å². The van der Waals surface area contributed by atoms with E-state index >= 15 is 0 Å². The van der Waals surface area contributed by atoms with Crippen molar-refractivity contribution in [1.82, 2.24) is 4.90 Å². The number of morpholine rings is 1. The van der Waals surface area contributed by atoms with Gasteiger partial charge in [0, 0.05) is 12.1 Å². The van der Waals surface area contributed by atoms with Crippen LogP contribution in [0, 0.1) is 0 Å². The van der Waals surface area contributed by atoms with E-state index in [9.17, 15) is 4.79 Å². The minimum Gasteiger partial charge on any atom is -0.491 e. The van der Waals surface area contributed by atoms with Crippen LogP contribution in [0.15, 0.2) is 36.4 Å². The van der Waals surface area contributed by atoms with E-state index in [1.807, 2.05) is 6.07 Å². The molecule has 1 aliphatic carbocycles. The van der Waals surface area contributed by atoms with Crippen LogP contribution >= 0.6 is 23.2 Å². The van der Waals surface area contributed by atoms with E-state index in [0.29, 0.717) is 41.9 Å². The Hall–Kier alpha value is -1.75. The number of aryl methyl sites for hydroxylation is 2. The lowest BCUT2D eigenvalue weighted by molar-refractivity contribution is -0.0401. The molecule has 142 valence electrons. The highest BCUT2D eigenvalue weighted by Gasteiger charge is 2.26. The molecular weight excluding hydrogens is 385 g/mol. The van der Waals surface area contributed by atoms with Gasteiger partial charge in [-0.3, -0.25) is 4.79 Å². The molecule has 4 rings (SSSR count). The van der Waals surface area contributed by atoms with Gasteiger partial charge in [-0.25, -0.2) is 0 Å². The summed E-state index contributed by atoms with van der Waals surface area (Å²) >= 11 is 12.0. The molecule has 0 N–H and O–H groups in total.